The summed E-state index contributed by atoms with van der Waals surface area (Å²) in [7, 11) is 0. The summed E-state index contributed by atoms with van der Waals surface area (Å²) in [5, 5.41) is 3.31. The first kappa shape index (κ1) is 10.7. The number of amides is 1. The van der Waals surface area contributed by atoms with Gasteiger partial charge in [-0.2, -0.15) is 0 Å². The number of halogens is 1. The molecule has 2 rings (SSSR count). The SMILES string of the molecule is CC1CN(C(=O)c2cc(Br)c[nH]2)CCN1. The molecule has 1 unspecified atom stereocenters. The molecule has 1 aliphatic rings. The standard InChI is InChI=1S/C10H14BrN3O/c1-7-6-14(3-2-12-7)10(15)9-4-8(11)5-13-9/h4-5,7,12-13H,2-3,6H2,1H3. The Morgan fingerprint density at radius 2 is 2.47 bits per heavy atom. The number of aromatic nitrogens is 1. The summed E-state index contributed by atoms with van der Waals surface area (Å²) in [6.07, 6.45) is 1.78. The largest absolute Gasteiger partial charge is 0.356 e. The van der Waals surface area contributed by atoms with Crippen molar-refractivity contribution in [3.8, 4) is 0 Å². The highest BCUT2D eigenvalue weighted by Crippen LogP contribution is 2.13. The molecule has 1 atom stereocenters. The minimum atomic E-state index is 0.0778. The molecule has 0 saturated carbocycles. The number of piperazine rings is 1. The Labute approximate surface area is 97.2 Å². The number of carbonyl (C=O) groups is 1. The van der Waals surface area contributed by atoms with Gasteiger partial charge in [0, 0.05) is 36.3 Å². The lowest BCUT2D eigenvalue weighted by Gasteiger charge is -2.31. The second-order valence-corrected chi connectivity index (χ2v) is 4.75. The third-order valence-electron chi connectivity index (χ3n) is 2.53. The molecule has 1 aromatic rings. The molecule has 0 spiro atoms. The number of hydrogen-bond donors (Lipinski definition) is 2. The first-order valence-electron chi connectivity index (χ1n) is 5.03. The maximum absolute atomic E-state index is 12.0. The van der Waals surface area contributed by atoms with E-state index in [1.54, 1.807) is 6.20 Å². The number of aromatic amines is 1. The van der Waals surface area contributed by atoms with Crippen LogP contribution in [0.25, 0.3) is 0 Å². The van der Waals surface area contributed by atoms with Crippen molar-refractivity contribution in [2.24, 2.45) is 0 Å². The fraction of sp³-hybridized carbons (Fsp3) is 0.500. The number of nitrogens with one attached hydrogen (secondary N) is 2. The van der Waals surface area contributed by atoms with Crippen molar-refractivity contribution >= 4 is 21.8 Å². The Kier molecular flexibility index (Phi) is 3.11. The first-order valence-corrected chi connectivity index (χ1v) is 5.82. The molecule has 15 heavy (non-hydrogen) atoms. The van der Waals surface area contributed by atoms with Gasteiger partial charge in [-0.1, -0.05) is 0 Å². The molecule has 1 aromatic heterocycles. The van der Waals surface area contributed by atoms with E-state index in [1.165, 1.54) is 0 Å². The molecule has 1 fully saturated rings. The molecule has 4 nitrogen and oxygen atoms in total. The van der Waals surface area contributed by atoms with Crippen LogP contribution in [0, 0.1) is 0 Å². The smallest absolute Gasteiger partial charge is 0.270 e. The van der Waals surface area contributed by atoms with Crippen LogP contribution in [-0.2, 0) is 0 Å². The average Bonchev–Trinajstić information content (AvgIpc) is 2.64. The van der Waals surface area contributed by atoms with Crippen molar-refractivity contribution < 1.29 is 4.79 Å². The Hall–Kier alpha value is -0.810. The molecule has 0 aromatic carbocycles. The normalized spacial score (nSPS) is 21.7. The van der Waals surface area contributed by atoms with Gasteiger partial charge in [-0.25, -0.2) is 0 Å². The maximum Gasteiger partial charge on any atom is 0.270 e. The second-order valence-electron chi connectivity index (χ2n) is 3.84. The Balaban J connectivity index is 2.07. The zero-order valence-corrected chi connectivity index (χ0v) is 10.2. The Morgan fingerprint density at radius 3 is 3.07 bits per heavy atom. The molecule has 0 aliphatic carbocycles. The number of hydrogen-bond acceptors (Lipinski definition) is 2. The van der Waals surface area contributed by atoms with Crippen LogP contribution in [0.1, 0.15) is 17.4 Å². The fourth-order valence-electron chi connectivity index (χ4n) is 1.78. The predicted octanol–water partition coefficient (Wildman–Crippen LogP) is 1.21. The van der Waals surface area contributed by atoms with Crippen molar-refractivity contribution in [1.82, 2.24) is 15.2 Å². The van der Waals surface area contributed by atoms with Gasteiger partial charge in [-0.15, -0.1) is 0 Å². The first-order chi connectivity index (χ1) is 7.16. The van der Waals surface area contributed by atoms with E-state index < -0.39 is 0 Å². The monoisotopic (exact) mass is 271 g/mol. The summed E-state index contributed by atoms with van der Waals surface area (Å²) in [6, 6.07) is 2.19. The van der Waals surface area contributed by atoms with Crippen molar-refractivity contribution in [2.45, 2.75) is 13.0 Å². The van der Waals surface area contributed by atoms with Gasteiger partial charge < -0.3 is 15.2 Å². The summed E-state index contributed by atoms with van der Waals surface area (Å²) in [4.78, 5) is 16.8. The Morgan fingerprint density at radius 1 is 1.67 bits per heavy atom. The molecule has 2 N–H and O–H groups in total. The molecule has 5 heteroatoms. The van der Waals surface area contributed by atoms with E-state index in [1.807, 2.05) is 11.0 Å². The zero-order valence-electron chi connectivity index (χ0n) is 8.59. The highest BCUT2D eigenvalue weighted by molar-refractivity contribution is 9.10. The van der Waals surface area contributed by atoms with Crippen molar-refractivity contribution in [1.29, 1.82) is 0 Å². The van der Waals surface area contributed by atoms with Crippen LogP contribution in [0.2, 0.25) is 0 Å². The van der Waals surface area contributed by atoms with E-state index in [0.717, 1.165) is 24.1 Å². The molecule has 0 radical (unpaired) electrons. The van der Waals surface area contributed by atoms with E-state index >= 15 is 0 Å². The molecule has 0 bridgehead atoms. The van der Waals surface area contributed by atoms with Crippen LogP contribution >= 0.6 is 15.9 Å². The quantitative estimate of drug-likeness (QED) is 0.807. The molecule has 1 aliphatic heterocycles. The molecule has 82 valence electrons. The van der Waals surface area contributed by atoms with E-state index in [0.29, 0.717) is 11.7 Å². The van der Waals surface area contributed by atoms with Gasteiger partial charge in [-0.05, 0) is 28.9 Å². The summed E-state index contributed by atoms with van der Waals surface area (Å²) < 4.78 is 0.911. The summed E-state index contributed by atoms with van der Waals surface area (Å²) in [5.74, 6) is 0.0778. The molecular weight excluding hydrogens is 258 g/mol. The van der Waals surface area contributed by atoms with Crippen LogP contribution in [-0.4, -0.2) is 41.5 Å². The van der Waals surface area contributed by atoms with Crippen LogP contribution in [0.5, 0.6) is 0 Å². The Bertz CT molecular complexity index is 363. The van der Waals surface area contributed by atoms with Crippen LogP contribution in [0.4, 0.5) is 0 Å². The highest BCUT2D eigenvalue weighted by atomic mass is 79.9. The van der Waals surface area contributed by atoms with Gasteiger partial charge >= 0.3 is 0 Å². The van der Waals surface area contributed by atoms with Crippen LogP contribution in [0.15, 0.2) is 16.7 Å². The molecule has 2 heterocycles. The van der Waals surface area contributed by atoms with Crippen molar-refractivity contribution in [2.75, 3.05) is 19.6 Å². The average molecular weight is 272 g/mol. The third kappa shape index (κ3) is 2.41. The van der Waals surface area contributed by atoms with Gasteiger partial charge in [0.25, 0.3) is 5.91 Å². The van der Waals surface area contributed by atoms with Gasteiger partial charge in [0.05, 0.1) is 0 Å². The maximum atomic E-state index is 12.0. The molecule has 1 saturated heterocycles. The van der Waals surface area contributed by atoms with E-state index in [-0.39, 0.29) is 5.91 Å². The van der Waals surface area contributed by atoms with Crippen molar-refractivity contribution in [3.63, 3.8) is 0 Å². The zero-order chi connectivity index (χ0) is 10.8. The predicted molar refractivity (Wildman–Crippen MR) is 61.9 cm³/mol. The van der Waals surface area contributed by atoms with Gasteiger partial charge in [-0.3, -0.25) is 4.79 Å². The summed E-state index contributed by atoms with van der Waals surface area (Å²) >= 11 is 3.32. The summed E-state index contributed by atoms with van der Waals surface area (Å²) in [6.45, 7) is 4.51. The highest BCUT2D eigenvalue weighted by Gasteiger charge is 2.22. The lowest BCUT2D eigenvalue weighted by Crippen LogP contribution is -2.51. The van der Waals surface area contributed by atoms with E-state index in [9.17, 15) is 4.79 Å². The third-order valence-corrected chi connectivity index (χ3v) is 2.99. The lowest BCUT2D eigenvalue weighted by molar-refractivity contribution is 0.0704. The van der Waals surface area contributed by atoms with E-state index in [2.05, 4.69) is 33.2 Å². The lowest BCUT2D eigenvalue weighted by atomic mass is 10.2. The fourth-order valence-corrected chi connectivity index (χ4v) is 2.12. The van der Waals surface area contributed by atoms with Crippen molar-refractivity contribution in [3.05, 3.63) is 22.4 Å². The molecular formula is C10H14BrN3O. The summed E-state index contributed by atoms with van der Waals surface area (Å²) in [5.41, 5.74) is 0.649. The van der Waals surface area contributed by atoms with Gasteiger partial charge in [0.2, 0.25) is 0 Å². The van der Waals surface area contributed by atoms with Gasteiger partial charge in [0.1, 0.15) is 5.69 Å². The van der Waals surface area contributed by atoms with Gasteiger partial charge in [0.15, 0.2) is 0 Å². The van der Waals surface area contributed by atoms with E-state index in [4.69, 9.17) is 0 Å². The number of rotatable bonds is 1. The topological polar surface area (TPSA) is 48.1 Å². The molecule has 1 amide bonds. The van der Waals surface area contributed by atoms with Crippen LogP contribution in [0.3, 0.4) is 0 Å². The number of nitrogens with zero attached hydrogens (tertiary/aromatic N) is 1. The minimum absolute atomic E-state index is 0.0778. The minimum Gasteiger partial charge on any atom is -0.356 e. The number of carbonyl (C=O) groups excluding carboxylic acids is 1. The van der Waals surface area contributed by atoms with Crippen LogP contribution < -0.4 is 5.32 Å². The number of H-pyrrole nitrogens is 1. The second kappa shape index (κ2) is 4.37.